The molecule has 0 aliphatic carbocycles. The third-order valence-electron chi connectivity index (χ3n) is 7.91. The first-order valence-electron chi connectivity index (χ1n) is 15.5. The monoisotopic (exact) mass is 789 g/mol. The van der Waals surface area contributed by atoms with E-state index < -0.39 is 32.2 Å². The first-order chi connectivity index (χ1) is 24.6. The van der Waals surface area contributed by atoms with Crippen molar-refractivity contribution in [1.29, 1.82) is 0 Å². The molecular formula is C34H34KN6O10S2. The first kappa shape index (κ1) is 41.3. The van der Waals surface area contributed by atoms with Crippen LogP contribution in [0.25, 0.3) is 0 Å². The van der Waals surface area contributed by atoms with Gasteiger partial charge in [-0.25, -0.2) is 18.1 Å². The summed E-state index contributed by atoms with van der Waals surface area (Å²) in [5, 5.41) is 25.6. The van der Waals surface area contributed by atoms with Gasteiger partial charge in [-0.3, -0.25) is 19.2 Å². The summed E-state index contributed by atoms with van der Waals surface area (Å²) in [5.74, 6) is -2.18. The summed E-state index contributed by atoms with van der Waals surface area (Å²) in [6, 6.07) is 23.3. The quantitative estimate of drug-likeness (QED) is 0.137. The molecule has 0 saturated carbocycles. The number of hydrogen-bond acceptors (Lipinski definition) is 10. The minimum absolute atomic E-state index is 0. The van der Waals surface area contributed by atoms with E-state index in [2.05, 4.69) is 10.6 Å². The fourth-order valence-electron chi connectivity index (χ4n) is 5.51. The Kier molecular flexibility index (Phi) is 13.3. The van der Waals surface area contributed by atoms with Gasteiger partial charge in [-0.05, 0) is 83.6 Å². The molecule has 0 aromatic heterocycles. The van der Waals surface area contributed by atoms with Crippen LogP contribution in [-0.4, -0.2) is 129 Å². The van der Waals surface area contributed by atoms with Gasteiger partial charge in [-0.15, -0.1) is 0 Å². The van der Waals surface area contributed by atoms with E-state index in [0.29, 0.717) is 24.0 Å². The number of amides is 4. The molecule has 0 spiro atoms. The smallest absolute Gasteiger partial charge is 0.326 e. The van der Waals surface area contributed by atoms with Crippen molar-refractivity contribution in [1.82, 2.24) is 20.1 Å². The van der Waals surface area contributed by atoms with E-state index in [4.69, 9.17) is 0 Å². The van der Waals surface area contributed by atoms with E-state index in [0.717, 1.165) is 30.9 Å². The van der Waals surface area contributed by atoms with Gasteiger partial charge >= 0.3 is 20.4 Å². The molecule has 0 bridgehead atoms. The van der Waals surface area contributed by atoms with Crippen LogP contribution in [0.4, 0.5) is 11.4 Å². The SMILES string of the molecule is CNC(=O)c1cccc(Cc2ccc(N3CC(=O)NS3(=O)=O)c(O)c2)c1.CNC(=O)c1cccc(Cc2ccc(N3CC(=O)NS3(=O)=O)c(O)c2)c1.[K]. The number of anilines is 2. The van der Waals surface area contributed by atoms with Crippen LogP contribution in [0.5, 0.6) is 11.5 Å². The van der Waals surface area contributed by atoms with Crippen molar-refractivity contribution < 1.29 is 46.2 Å². The Morgan fingerprint density at radius 2 is 0.981 bits per heavy atom. The fraction of sp³-hybridized carbons (Fsp3) is 0.176. The first-order valence-corrected chi connectivity index (χ1v) is 18.4. The molecule has 6 rings (SSSR count). The molecule has 0 atom stereocenters. The molecule has 16 nitrogen and oxygen atoms in total. The Morgan fingerprint density at radius 3 is 1.28 bits per heavy atom. The normalized spacial score (nSPS) is 15.3. The van der Waals surface area contributed by atoms with Crippen LogP contribution >= 0.6 is 0 Å². The second-order valence-corrected chi connectivity index (χ2v) is 14.8. The fourth-order valence-corrected chi connectivity index (χ4v) is 7.83. The number of rotatable bonds is 8. The van der Waals surface area contributed by atoms with Gasteiger partial charge in [0.05, 0.1) is 11.4 Å². The number of benzene rings is 4. The molecule has 19 heteroatoms. The van der Waals surface area contributed by atoms with Crippen molar-refractivity contribution in [2.45, 2.75) is 12.8 Å². The van der Waals surface area contributed by atoms with Crippen molar-refractivity contribution in [3.8, 4) is 11.5 Å². The topological polar surface area (TPSA) is 232 Å². The van der Waals surface area contributed by atoms with Gasteiger partial charge in [0.2, 0.25) is 0 Å². The van der Waals surface area contributed by atoms with Crippen LogP contribution in [0, 0.1) is 0 Å². The van der Waals surface area contributed by atoms with Gasteiger partial charge in [0.1, 0.15) is 24.6 Å². The Hall–Kier alpha value is -4.50. The number of phenolic OH excluding ortho intramolecular Hbond substituents is 2. The summed E-state index contributed by atoms with van der Waals surface area (Å²) < 4.78 is 52.9. The standard InChI is InChI=1S/2C17H17N3O5S.K/c2*1-18-17(23)13-4-2-3-11(8-13)7-12-5-6-14(15(21)9-12)20-10-16(22)19-26(20,24)25;/h2*2-6,8-9,21H,7,10H2,1H3,(H,18,23)(H,19,22);. The average Bonchev–Trinajstić information content (AvgIpc) is 3.54. The Balaban J connectivity index is 0.000000232. The second-order valence-electron chi connectivity index (χ2n) is 11.6. The van der Waals surface area contributed by atoms with Crippen molar-refractivity contribution >= 4 is 107 Å². The summed E-state index contributed by atoms with van der Waals surface area (Å²) in [6.45, 7) is -0.743. The molecule has 2 fully saturated rings. The minimum atomic E-state index is -3.97. The largest absolute Gasteiger partial charge is 0.506 e. The molecule has 1 radical (unpaired) electrons. The van der Waals surface area contributed by atoms with Gasteiger partial charge in [-0.1, -0.05) is 36.4 Å². The van der Waals surface area contributed by atoms with Crippen LogP contribution in [0.2, 0.25) is 0 Å². The van der Waals surface area contributed by atoms with E-state index in [1.807, 2.05) is 21.6 Å². The zero-order valence-corrected chi connectivity index (χ0v) is 33.5. The van der Waals surface area contributed by atoms with Crippen LogP contribution in [0.1, 0.15) is 43.0 Å². The summed E-state index contributed by atoms with van der Waals surface area (Å²) in [4.78, 5) is 46.1. The van der Waals surface area contributed by atoms with Crippen molar-refractivity contribution in [2.75, 3.05) is 35.8 Å². The molecule has 273 valence electrons. The van der Waals surface area contributed by atoms with Gasteiger partial charge in [0.25, 0.3) is 23.6 Å². The van der Waals surface area contributed by atoms with Gasteiger partial charge in [-0.2, -0.15) is 16.8 Å². The number of hydrogen-bond donors (Lipinski definition) is 6. The molecule has 2 aliphatic rings. The Bertz CT molecular complexity index is 2140. The number of carbonyl (C=O) groups excluding carboxylic acids is 4. The maximum atomic E-state index is 11.9. The van der Waals surface area contributed by atoms with Crippen LogP contribution in [0.3, 0.4) is 0 Å². The molecular weight excluding hydrogens is 756 g/mol. The van der Waals surface area contributed by atoms with E-state index in [-0.39, 0.29) is 99.2 Å². The summed E-state index contributed by atoms with van der Waals surface area (Å²) >= 11 is 0. The average molecular weight is 790 g/mol. The van der Waals surface area contributed by atoms with E-state index in [1.165, 1.54) is 24.3 Å². The molecule has 2 aliphatic heterocycles. The maximum absolute atomic E-state index is 11.9. The second kappa shape index (κ2) is 17.1. The van der Waals surface area contributed by atoms with E-state index in [9.17, 15) is 46.2 Å². The number of nitrogens with one attached hydrogen (secondary N) is 4. The van der Waals surface area contributed by atoms with Gasteiger partial charge in [0, 0.05) is 76.6 Å². The van der Waals surface area contributed by atoms with Crippen molar-refractivity contribution in [2.24, 2.45) is 0 Å². The predicted molar refractivity (Wildman–Crippen MR) is 196 cm³/mol. The van der Waals surface area contributed by atoms with Crippen molar-refractivity contribution in [3.63, 3.8) is 0 Å². The Morgan fingerprint density at radius 1 is 0.623 bits per heavy atom. The molecule has 4 amide bonds. The third kappa shape index (κ3) is 9.93. The maximum Gasteiger partial charge on any atom is 0.326 e. The molecule has 0 unspecified atom stereocenters. The number of nitrogens with zero attached hydrogens (tertiary/aromatic N) is 2. The van der Waals surface area contributed by atoms with Crippen molar-refractivity contribution in [3.05, 3.63) is 118 Å². The molecule has 53 heavy (non-hydrogen) atoms. The molecule has 4 aromatic rings. The molecule has 2 heterocycles. The zero-order valence-electron chi connectivity index (χ0n) is 28.8. The summed E-state index contributed by atoms with van der Waals surface area (Å²) in [7, 11) is -4.84. The summed E-state index contributed by atoms with van der Waals surface area (Å²) in [5.41, 5.74) is 4.31. The molecule has 2 saturated heterocycles. The minimum Gasteiger partial charge on any atom is -0.506 e. The van der Waals surface area contributed by atoms with E-state index >= 15 is 0 Å². The Labute approximate surface area is 348 Å². The van der Waals surface area contributed by atoms with Crippen LogP contribution < -0.4 is 28.7 Å². The van der Waals surface area contributed by atoms with Crippen LogP contribution in [0.15, 0.2) is 84.9 Å². The zero-order chi connectivity index (χ0) is 37.8. The van der Waals surface area contributed by atoms with Gasteiger partial charge in [0.15, 0.2) is 0 Å². The summed E-state index contributed by atoms with van der Waals surface area (Å²) in [6.07, 6.45) is 0.894. The number of phenols is 2. The molecule has 4 aromatic carbocycles. The van der Waals surface area contributed by atoms with Gasteiger partial charge < -0.3 is 20.8 Å². The number of aromatic hydroxyl groups is 2. The number of carbonyl (C=O) groups is 4. The molecule has 6 N–H and O–H groups in total. The predicted octanol–water partition coefficient (Wildman–Crippen LogP) is 0.666. The van der Waals surface area contributed by atoms with E-state index in [1.54, 1.807) is 62.6 Å². The third-order valence-corrected chi connectivity index (χ3v) is 10.7. The van der Waals surface area contributed by atoms with Crippen LogP contribution in [-0.2, 0) is 42.8 Å².